The van der Waals surface area contributed by atoms with Gasteiger partial charge in [0.1, 0.15) is 13.2 Å². The van der Waals surface area contributed by atoms with Crippen molar-refractivity contribution >= 4 is 17.9 Å². The Morgan fingerprint density at radius 1 is 0.333 bits per heavy atom. The largest absolute Gasteiger partial charge is 0.462 e. The van der Waals surface area contributed by atoms with Crippen molar-refractivity contribution in [3.8, 4) is 0 Å². The highest BCUT2D eigenvalue weighted by Crippen LogP contribution is 2.16. The van der Waals surface area contributed by atoms with Crippen LogP contribution in [-0.2, 0) is 28.6 Å². The lowest BCUT2D eigenvalue weighted by Gasteiger charge is -2.18. The monoisotopic (exact) mass is 805 g/mol. The summed E-state index contributed by atoms with van der Waals surface area (Å²) in [5, 5.41) is 0. The van der Waals surface area contributed by atoms with Crippen molar-refractivity contribution in [2.75, 3.05) is 13.2 Å². The van der Waals surface area contributed by atoms with Gasteiger partial charge < -0.3 is 14.2 Å². The molecule has 0 bridgehead atoms. The first-order valence-electron chi connectivity index (χ1n) is 25.2. The molecule has 0 aliphatic rings. The van der Waals surface area contributed by atoms with Crippen LogP contribution in [0.5, 0.6) is 0 Å². The van der Waals surface area contributed by atoms with E-state index in [1.807, 2.05) is 0 Å². The number of hydrogen-bond acceptors (Lipinski definition) is 6. The zero-order valence-electron chi connectivity index (χ0n) is 38.4. The number of allylic oxidation sites excluding steroid dienone is 2. The Bertz CT molecular complexity index is 885. The molecule has 0 fully saturated rings. The molecule has 0 saturated heterocycles. The van der Waals surface area contributed by atoms with E-state index in [0.717, 1.165) is 64.2 Å². The molecule has 0 spiro atoms. The van der Waals surface area contributed by atoms with Crippen molar-refractivity contribution in [1.82, 2.24) is 0 Å². The van der Waals surface area contributed by atoms with Gasteiger partial charge in [-0.15, -0.1) is 0 Å². The molecule has 0 aliphatic carbocycles. The lowest BCUT2D eigenvalue weighted by molar-refractivity contribution is -0.167. The normalized spacial score (nSPS) is 12.0. The third-order valence-electron chi connectivity index (χ3n) is 11.3. The average Bonchev–Trinajstić information content (AvgIpc) is 3.21. The number of unbranched alkanes of at least 4 members (excludes halogenated alkanes) is 33. The first kappa shape index (κ1) is 55.2. The quantitative estimate of drug-likeness (QED) is 0.0264. The van der Waals surface area contributed by atoms with Gasteiger partial charge in [0.05, 0.1) is 0 Å². The predicted octanol–water partition coefficient (Wildman–Crippen LogP) is 16.2. The molecule has 0 amide bonds. The predicted molar refractivity (Wildman–Crippen MR) is 243 cm³/mol. The van der Waals surface area contributed by atoms with E-state index < -0.39 is 6.10 Å². The maximum absolute atomic E-state index is 12.8. The van der Waals surface area contributed by atoms with E-state index in [2.05, 4.69) is 32.9 Å². The molecule has 0 aromatic heterocycles. The molecular formula is C51H96O6. The van der Waals surface area contributed by atoms with Crippen LogP contribution in [0.4, 0.5) is 0 Å². The highest BCUT2D eigenvalue weighted by Gasteiger charge is 2.19. The van der Waals surface area contributed by atoms with E-state index in [4.69, 9.17) is 14.2 Å². The molecule has 0 unspecified atom stereocenters. The van der Waals surface area contributed by atoms with Crippen LogP contribution in [0.2, 0.25) is 0 Å². The minimum absolute atomic E-state index is 0.0674. The van der Waals surface area contributed by atoms with Crippen molar-refractivity contribution in [3.05, 3.63) is 12.2 Å². The number of hydrogen-bond donors (Lipinski definition) is 0. The van der Waals surface area contributed by atoms with Crippen molar-refractivity contribution in [1.29, 1.82) is 0 Å². The van der Waals surface area contributed by atoms with E-state index in [9.17, 15) is 14.4 Å². The van der Waals surface area contributed by atoms with Crippen molar-refractivity contribution in [3.63, 3.8) is 0 Å². The zero-order chi connectivity index (χ0) is 41.5. The van der Waals surface area contributed by atoms with E-state index in [-0.39, 0.29) is 31.1 Å². The van der Waals surface area contributed by atoms with Crippen LogP contribution in [0.15, 0.2) is 12.2 Å². The number of ether oxygens (including phenoxy) is 3. The minimum Gasteiger partial charge on any atom is -0.462 e. The first-order valence-corrected chi connectivity index (χ1v) is 25.2. The third kappa shape index (κ3) is 45.1. The highest BCUT2D eigenvalue weighted by atomic mass is 16.6. The fraction of sp³-hybridized carbons (Fsp3) is 0.902. The van der Waals surface area contributed by atoms with Gasteiger partial charge in [-0.3, -0.25) is 14.4 Å². The summed E-state index contributed by atoms with van der Waals surface area (Å²) in [6, 6.07) is 0. The molecule has 0 rings (SSSR count). The summed E-state index contributed by atoms with van der Waals surface area (Å²) in [5.41, 5.74) is 0. The van der Waals surface area contributed by atoms with Crippen LogP contribution in [-0.4, -0.2) is 37.2 Å². The second kappa shape index (κ2) is 46.8. The summed E-state index contributed by atoms with van der Waals surface area (Å²) in [7, 11) is 0. The molecule has 0 saturated carbocycles. The molecule has 336 valence electrons. The summed E-state index contributed by atoms with van der Waals surface area (Å²) in [6.07, 6.45) is 50.5. The summed E-state index contributed by atoms with van der Waals surface area (Å²) < 4.78 is 16.8. The van der Waals surface area contributed by atoms with Crippen molar-refractivity contribution < 1.29 is 28.6 Å². The molecular weight excluding hydrogens is 709 g/mol. The number of carbonyl (C=O) groups excluding carboxylic acids is 3. The van der Waals surface area contributed by atoms with Crippen LogP contribution in [0.1, 0.15) is 278 Å². The number of rotatable bonds is 46. The van der Waals surface area contributed by atoms with Gasteiger partial charge in [0.15, 0.2) is 6.10 Å². The SMILES string of the molecule is CCCC/C=C\CCCCCCCC(=O)OC[C@H](COC(=O)CCCCCCCCCCCCCCC)OC(=O)CCCCCCCCCCCCCCCCC. The Labute approximate surface area is 354 Å². The van der Waals surface area contributed by atoms with Crippen LogP contribution < -0.4 is 0 Å². The zero-order valence-corrected chi connectivity index (χ0v) is 38.4. The molecule has 0 N–H and O–H groups in total. The Morgan fingerprint density at radius 3 is 0.930 bits per heavy atom. The van der Waals surface area contributed by atoms with Crippen molar-refractivity contribution in [2.45, 2.75) is 284 Å². The van der Waals surface area contributed by atoms with E-state index >= 15 is 0 Å². The second-order valence-corrected chi connectivity index (χ2v) is 17.1. The minimum atomic E-state index is -0.765. The smallest absolute Gasteiger partial charge is 0.306 e. The Balaban J connectivity index is 4.32. The molecule has 0 aromatic rings. The van der Waals surface area contributed by atoms with Gasteiger partial charge >= 0.3 is 17.9 Å². The van der Waals surface area contributed by atoms with Gasteiger partial charge in [0.2, 0.25) is 0 Å². The maximum atomic E-state index is 12.8. The van der Waals surface area contributed by atoms with Crippen molar-refractivity contribution in [2.24, 2.45) is 0 Å². The lowest BCUT2D eigenvalue weighted by Crippen LogP contribution is -2.30. The number of carbonyl (C=O) groups is 3. The van der Waals surface area contributed by atoms with Crippen LogP contribution in [0.25, 0.3) is 0 Å². The first-order chi connectivity index (χ1) is 28.0. The van der Waals surface area contributed by atoms with Gasteiger partial charge in [-0.05, 0) is 38.5 Å². The van der Waals surface area contributed by atoms with E-state index in [0.29, 0.717) is 19.3 Å². The summed E-state index contributed by atoms with van der Waals surface area (Å²) in [4.78, 5) is 37.8. The van der Waals surface area contributed by atoms with Crippen LogP contribution in [0, 0.1) is 0 Å². The fourth-order valence-electron chi connectivity index (χ4n) is 7.42. The molecule has 57 heavy (non-hydrogen) atoms. The fourth-order valence-corrected chi connectivity index (χ4v) is 7.42. The number of esters is 3. The summed E-state index contributed by atoms with van der Waals surface area (Å²) in [6.45, 7) is 6.62. The highest BCUT2D eigenvalue weighted by molar-refractivity contribution is 5.71. The van der Waals surface area contributed by atoms with Gasteiger partial charge in [-0.1, -0.05) is 232 Å². The molecule has 0 heterocycles. The molecule has 0 aliphatic heterocycles. The average molecular weight is 805 g/mol. The van der Waals surface area contributed by atoms with E-state index in [1.165, 1.54) is 173 Å². The summed E-state index contributed by atoms with van der Waals surface area (Å²) in [5.74, 6) is -0.863. The second-order valence-electron chi connectivity index (χ2n) is 17.1. The topological polar surface area (TPSA) is 78.9 Å². The lowest BCUT2D eigenvalue weighted by atomic mass is 10.0. The van der Waals surface area contributed by atoms with Crippen LogP contribution >= 0.6 is 0 Å². The van der Waals surface area contributed by atoms with Gasteiger partial charge in [0, 0.05) is 19.3 Å². The van der Waals surface area contributed by atoms with Gasteiger partial charge in [0.25, 0.3) is 0 Å². The standard InChI is InChI=1S/C51H96O6/c1-4-7-10-13-16-19-22-24-25-27-30-33-36-39-42-45-51(54)57-48(46-55-49(52)43-40-37-34-31-28-21-18-15-12-9-6-3)47-56-50(53)44-41-38-35-32-29-26-23-20-17-14-11-8-5-2/h15,18,48H,4-14,16-17,19-47H2,1-3H3/b18-15-/t48-/m1/s1. The maximum Gasteiger partial charge on any atom is 0.306 e. The molecule has 0 radical (unpaired) electrons. The Hall–Kier alpha value is -1.85. The van der Waals surface area contributed by atoms with E-state index in [1.54, 1.807) is 0 Å². The molecule has 6 nitrogen and oxygen atoms in total. The Kier molecular flexibility index (Phi) is 45.3. The molecule has 1 atom stereocenters. The van der Waals surface area contributed by atoms with Gasteiger partial charge in [-0.2, -0.15) is 0 Å². The van der Waals surface area contributed by atoms with Gasteiger partial charge in [-0.25, -0.2) is 0 Å². The Morgan fingerprint density at radius 2 is 0.596 bits per heavy atom. The molecule has 0 aromatic carbocycles. The van der Waals surface area contributed by atoms with Crippen LogP contribution in [0.3, 0.4) is 0 Å². The summed E-state index contributed by atoms with van der Waals surface area (Å²) >= 11 is 0. The molecule has 6 heteroatoms. The third-order valence-corrected chi connectivity index (χ3v) is 11.3.